The van der Waals surface area contributed by atoms with Gasteiger partial charge in [0.2, 0.25) is 0 Å². The Bertz CT molecular complexity index is 1810. The van der Waals surface area contributed by atoms with Gasteiger partial charge in [-0.25, -0.2) is 4.98 Å². The van der Waals surface area contributed by atoms with Crippen LogP contribution in [0.25, 0.3) is 49.4 Å². The maximum absolute atomic E-state index is 9.37. The van der Waals surface area contributed by atoms with Crippen molar-refractivity contribution in [1.29, 1.82) is 10.5 Å². The highest BCUT2D eigenvalue weighted by Crippen LogP contribution is 2.40. The number of rotatable bonds is 3. The average molecular weight is 461 g/mol. The second kappa shape index (κ2) is 8.87. The summed E-state index contributed by atoms with van der Waals surface area (Å²) in [7, 11) is 0. The second-order valence-corrected chi connectivity index (χ2v) is 8.66. The van der Waals surface area contributed by atoms with Crippen molar-refractivity contribution in [3.05, 3.63) is 120 Å². The molecular weight excluding hydrogens is 440 g/mol. The van der Waals surface area contributed by atoms with E-state index in [1.165, 1.54) is 0 Å². The third-order valence-corrected chi connectivity index (χ3v) is 6.67. The Hall–Kier alpha value is -5.19. The quantitative estimate of drug-likeness (QED) is 0.315. The second-order valence-electron chi connectivity index (χ2n) is 8.66. The summed E-state index contributed by atoms with van der Waals surface area (Å²) in [6.45, 7) is 0.638. The number of nitrogens with one attached hydrogen (secondary N) is 1. The zero-order valence-electron chi connectivity index (χ0n) is 19.4. The Kier molecular flexibility index (Phi) is 5.26. The standard InChI is InChI=1S/C32H20N4/c33-19-23-17-21(13-15-35-23)25-9-11-31(29-7-3-1-5-27(25)29)32-12-10-26(28-6-2-4-8-30(28)32)22-14-16-36-24(18-22)20-34/h1-15,17-18,36H,16H2. The molecule has 0 saturated carbocycles. The van der Waals surface area contributed by atoms with Gasteiger partial charge in [-0.3, -0.25) is 0 Å². The van der Waals surface area contributed by atoms with Gasteiger partial charge in [0.05, 0.1) is 0 Å². The molecule has 168 valence electrons. The Morgan fingerprint density at radius 3 is 1.89 bits per heavy atom. The molecule has 1 aromatic heterocycles. The van der Waals surface area contributed by atoms with Crippen molar-refractivity contribution < 1.29 is 0 Å². The summed E-state index contributed by atoms with van der Waals surface area (Å²) in [4.78, 5) is 4.13. The van der Waals surface area contributed by atoms with Crippen LogP contribution >= 0.6 is 0 Å². The minimum absolute atomic E-state index is 0.406. The molecule has 0 amide bonds. The molecule has 0 atom stereocenters. The molecule has 36 heavy (non-hydrogen) atoms. The molecule has 0 saturated heterocycles. The van der Waals surface area contributed by atoms with E-state index in [4.69, 9.17) is 0 Å². The van der Waals surface area contributed by atoms with Crippen molar-refractivity contribution in [1.82, 2.24) is 10.3 Å². The van der Waals surface area contributed by atoms with E-state index in [1.54, 1.807) is 6.20 Å². The molecule has 0 aliphatic carbocycles. The van der Waals surface area contributed by atoms with Crippen molar-refractivity contribution in [2.45, 2.75) is 0 Å². The van der Waals surface area contributed by atoms with Crippen LogP contribution < -0.4 is 5.32 Å². The van der Waals surface area contributed by atoms with Crippen LogP contribution in [0.2, 0.25) is 0 Å². The first-order valence-corrected chi connectivity index (χ1v) is 11.7. The van der Waals surface area contributed by atoms with Crippen molar-refractivity contribution in [2.75, 3.05) is 6.54 Å². The highest BCUT2D eigenvalue weighted by molar-refractivity contribution is 6.11. The molecule has 0 fully saturated rings. The highest BCUT2D eigenvalue weighted by Gasteiger charge is 2.15. The molecule has 6 rings (SSSR count). The molecule has 0 bridgehead atoms. The molecule has 2 heterocycles. The van der Waals surface area contributed by atoms with Gasteiger partial charge in [0.1, 0.15) is 23.5 Å². The molecule has 4 nitrogen and oxygen atoms in total. The van der Waals surface area contributed by atoms with Crippen LogP contribution in [-0.4, -0.2) is 11.5 Å². The number of pyridine rings is 1. The van der Waals surface area contributed by atoms with E-state index in [1.807, 2.05) is 24.3 Å². The van der Waals surface area contributed by atoms with Gasteiger partial charge in [0.15, 0.2) is 0 Å². The monoisotopic (exact) mass is 460 g/mol. The van der Waals surface area contributed by atoms with Gasteiger partial charge in [-0.05, 0) is 73.1 Å². The lowest BCUT2D eigenvalue weighted by Crippen LogP contribution is -2.15. The highest BCUT2D eigenvalue weighted by atomic mass is 14.9. The van der Waals surface area contributed by atoms with Crippen molar-refractivity contribution in [3.63, 3.8) is 0 Å². The number of aromatic nitrogens is 1. The van der Waals surface area contributed by atoms with Gasteiger partial charge in [-0.15, -0.1) is 0 Å². The fourth-order valence-electron chi connectivity index (χ4n) is 5.03. The van der Waals surface area contributed by atoms with Crippen molar-refractivity contribution >= 4 is 27.1 Å². The largest absolute Gasteiger partial charge is 0.373 e. The third-order valence-electron chi connectivity index (χ3n) is 6.67. The number of fused-ring (bicyclic) bond motifs is 2. The fraction of sp³-hybridized carbons (Fsp3) is 0.0312. The maximum Gasteiger partial charge on any atom is 0.141 e. The van der Waals surface area contributed by atoms with Gasteiger partial charge in [-0.2, -0.15) is 10.5 Å². The van der Waals surface area contributed by atoms with Gasteiger partial charge in [-0.1, -0.05) is 78.9 Å². The van der Waals surface area contributed by atoms with Crippen LogP contribution in [0.3, 0.4) is 0 Å². The lowest BCUT2D eigenvalue weighted by atomic mass is 9.87. The van der Waals surface area contributed by atoms with Gasteiger partial charge in [0.25, 0.3) is 0 Å². The number of hydrogen-bond acceptors (Lipinski definition) is 4. The molecule has 4 aromatic carbocycles. The zero-order valence-corrected chi connectivity index (χ0v) is 19.4. The number of hydrogen-bond donors (Lipinski definition) is 1. The SMILES string of the molecule is N#CC1=CC(c2ccc(-c3ccc(-c4ccnc(C#N)c4)c4ccccc34)c3ccccc23)=CCN1. The Morgan fingerprint density at radius 1 is 0.667 bits per heavy atom. The minimum Gasteiger partial charge on any atom is -0.373 e. The molecule has 1 aliphatic heterocycles. The summed E-state index contributed by atoms with van der Waals surface area (Å²) < 4.78 is 0. The zero-order chi connectivity index (χ0) is 24.5. The smallest absolute Gasteiger partial charge is 0.141 e. The summed E-state index contributed by atoms with van der Waals surface area (Å²) in [5.74, 6) is 0. The summed E-state index contributed by atoms with van der Waals surface area (Å²) in [6.07, 6.45) is 5.72. The van der Waals surface area contributed by atoms with Crippen LogP contribution in [0, 0.1) is 22.7 Å². The molecule has 0 unspecified atom stereocenters. The van der Waals surface area contributed by atoms with Gasteiger partial charge >= 0.3 is 0 Å². The number of nitrogens with zero attached hydrogens (tertiary/aromatic N) is 3. The Balaban J connectivity index is 1.57. The molecule has 1 N–H and O–H groups in total. The van der Waals surface area contributed by atoms with Gasteiger partial charge < -0.3 is 5.32 Å². The first-order valence-electron chi connectivity index (χ1n) is 11.7. The molecular formula is C32H20N4. The van der Waals surface area contributed by atoms with E-state index in [0.29, 0.717) is 17.9 Å². The predicted molar refractivity (Wildman–Crippen MR) is 145 cm³/mol. The summed E-state index contributed by atoms with van der Waals surface area (Å²) >= 11 is 0. The predicted octanol–water partition coefficient (Wildman–Crippen LogP) is 6.99. The Labute approximate surface area is 209 Å². The van der Waals surface area contributed by atoms with Crippen LogP contribution in [0.1, 0.15) is 11.3 Å². The topological polar surface area (TPSA) is 72.5 Å². The summed E-state index contributed by atoms with van der Waals surface area (Å²) in [5, 5.41) is 26.4. The third kappa shape index (κ3) is 3.59. The molecule has 1 aliphatic rings. The number of allylic oxidation sites excluding steroid dienone is 3. The van der Waals surface area contributed by atoms with E-state index in [2.05, 4.69) is 95.2 Å². The van der Waals surface area contributed by atoms with Crippen molar-refractivity contribution in [3.8, 4) is 34.4 Å². The normalized spacial score (nSPS) is 12.8. The van der Waals surface area contributed by atoms with Crippen LogP contribution in [0.4, 0.5) is 0 Å². The molecule has 0 radical (unpaired) electrons. The van der Waals surface area contributed by atoms with E-state index >= 15 is 0 Å². The first-order chi connectivity index (χ1) is 17.8. The molecule has 4 heteroatoms. The van der Waals surface area contributed by atoms with Crippen LogP contribution in [0.5, 0.6) is 0 Å². The fourth-order valence-corrected chi connectivity index (χ4v) is 5.03. The van der Waals surface area contributed by atoms with E-state index < -0.39 is 0 Å². The van der Waals surface area contributed by atoms with E-state index in [0.717, 1.165) is 54.9 Å². The van der Waals surface area contributed by atoms with E-state index in [9.17, 15) is 10.5 Å². The lowest BCUT2D eigenvalue weighted by Gasteiger charge is -2.17. The summed E-state index contributed by atoms with van der Waals surface area (Å²) in [5.41, 5.74) is 7.51. The van der Waals surface area contributed by atoms with Crippen LogP contribution in [0.15, 0.2) is 109 Å². The first kappa shape index (κ1) is 21.4. The maximum atomic E-state index is 9.37. The Morgan fingerprint density at radius 2 is 1.25 bits per heavy atom. The minimum atomic E-state index is 0.406. The lowest BCUT2D eigenvalue weighted by molar-refractivity contribution is 0.929. The van der Waals surface area contributed by atoms with Crippen molar-refractivity contribution in [2.24, 2.45) is 0 Å². The number of dihydropyridines is 1. The number of nitriles is 2. The molecule has 5 aromatic rings. The van der Waals surface area contributed by atoms with E-state index in [-0.39, 0.29) is 0 Å². The van der Waals surface area contributed by atoms with Gasteiger partial charge in [0, 0.05) is 12.7 Å². The average Bonchev–Trinajstić information content (AvgIpc) is 2.96. The summed E-state index contributed by atoms with van der Waals surface area (Å²) in [6, 6.07) is 33.6. The molecule has 0 spiro atoms. The number of benzene rings is 4. The van der Waals surface area contributed by atoms with Crippen LogP contribution in [-0.2, 0) is 0 Å².